The van der Waals surface area contributed by atoms with E-state index < -0.39 is 11.6 Å². The largest absolute Gasteiger partial charge is 0.339 e. The van der Waals surface area contributed by atoms with Crippen molar-refractivity contribution in [1.29, 1.82) is 0 Å². The summed E-state index contributed by atoms with van der Waals surface area (Å²) in [4.78, 5) is 44.7. The monoisotopic (exact) mass is 482 g/mol. The smallest absolute Gasteiger partial charge is 0.325 e. The van der Waals surface area contributed by atoms with Crippen LogP contribution in [0.2, 0.25) is 0 Å². The van der Waals surface area contributed by atoms with Gasteiger partial charge in [-0.3, -0.25) is 19.4 Å². The zero-order valence-electron chi connectivity index (χ0n) is 16.7. The second kappa shape index (κ2) is 8.35. The van der Waals surface area contributed by atoms with Crippen LogP contribution in [0.1, 0.15) is 37.5 Å². The summed E-state index contributed by atoms with van der Waals surface area (Å²) in [6.45, 7) is 5.74. The summed E-state index contributed by atoms with van der Waals surface area (Å²) in [6.07, 6.45) is 3.19. The third kappa shape index (κ3) is 4.36. The van der Waals surface area contributed by atoms with Crippen molar-refractivity contribution in [2.45, 2.75) is 44.7 Å². The van der Waals surface area contributed by atoms with Crippen LogP contribution < -0.4 is 5.32 Å². The first kappa shape index (κ1) is 20.8. The minimum atomic E-state index is -0.780. The summed E-state index contributed by atoms with van der Waals surface area (Å²) in [7, 11) is 0. The van der Waals surface area contributed by atoms with E-state index in [0.717, 1.165) is 41.2 Å². The van der Waals surface area contributed by atoms with Crippen LogP contribution in [-0.4, -0.2) is 70.8 Å². The third-order valence-electron chi connectivity index (χ3n) is 6.40. The van der Waals surface area contributed by atoms with Crippen molar-refractivity contribution in [3.8, 4) is 0 Å². The molecule has 4 amide bonds. The Labute approximate surface area is 183 Å². The number of amides is 4. The number of hydrogen-bond donors (Lipinski definition) is 1. The number of nitrogens with one attached hydrogen (secondary N) is 1. The van der Waals surface area contributed by atoms with Crippen LogP contribution in [0.25, 0.3) is 0 Å². The van der Waals surface area contributed by atoms with E-state index in [1.165, 1.54) is 4.88 Å². The number of thiophene rings is 1. The lowest BCUT2D eigenvalue weighted by atomic mass is 9.77. The van der Waals surface area contributed by atoms with Crippen LogP contribution in [0.5, 0.6) is 0 Å². The molecule has 1 spiro atoms. The lowest BCUT2D eigenvalue weighted by Gasteiger charge is -2.35. The Bertz CT molecular complexity index is 797. The van der Waals surface area contributed by atoms with E-state index in [1.807, 2.05) is 0 Å². The first-order valence-electron chi connectivity index (χ1n) is 10.2. The van der Waals surface area contributed by atoms with Gasteiger partial charge in [-0.2, -0.15) is 0 Å². The number of urea groups is 1. The van der Waals surface area contributed by atoms with Crippen molar-refractivity contribution in [1.82, 2.24) is 20.0 Å². The van der Waals surface area contributed by atoms with E-state index in [0.29, 0.717) is 31.8 Å². The minimum absolute atomic E-state index is 0.145. The summed E-state index contributed by atoms with van der Waals surface area (Å²) in [5.74, 6) is 0.213. The van der Waals surface area contributed by atoms with Gasteiger partial charge in [-0.05, 0) is 59.7 Å². The number of imide groups is 1. The standard InChI is InChI=1S/C20H27BrN4O3S/c1-14-4-6-20(7-5-14)18(27)25(19(28)22-20)13-17(26)24-10-8-23(9-11-24)12-15-2-3-16(21)29-15/h2-3,14H,4-13H2,1H3,(H,22,28). The number of piperazine rings is 1. The van der Waals surface area contributed by atoms with Crippen LogP contribution >= 0.6 is 27.3 Å². The highest BCUT2D eigenvalue weighted by Gasteiger charge is 2.52. The Hall–Kier alpha value is -1.45. The molecule has 1 aromatic rings. The second-order valence-electron chi connectivity index (χ2n) is 8.45. The molecule has 29 heavy (non-hydrogen) atoms. The van der Waals surface area contributed by atoms with E-state index in [1.54, 1.807) is 16.2 Å². The molecule has 158 valence electrons. The third-order valence-corrected chi connectivity index (χ3v) is 8.01. The van der Waals surface area contributed by atoms with E-state index in [9.17, 15) is 14.4 Å². The summed E-state index contributed by atoms with van der Waals surface area (Å²) in [6, 6.07) is 3.75. The SMILES string of the molecule is CC1CCC2(CC1)NC(=O)N(CC(=O)N1CCN(Cc3ccc(Br)s3)CC1)C2=O. The molecular weight excluding hydrogens is 456 g/mol. The Balaban J connectivity index is 1.29. The molecule has 2 saturated heterocycles. The summed E-state index contributed by atoms with van der Waals surface area (Å²) >= 11 is 5.22. The van der Waals surface area contributed by atoms with Crippen molar-refractivity contribution < 1.29 is 14.4 Å². The first-order valence-corrected chi connectivity index (χ1v) is 11.9. The molecule has 3 fully saturated rings. The van der Waals surface area contributed by atoms with Gasteiger partial charge < -0.3 is 10.2 Å². The minimum Gasteiger partial charge on any atom is -0.339 e. The van der Waals surface area contributed by atoms with Crippen molar-refractivity contribution in [2.75, 3.05) is 32.7 Å². The molecular formula is C20H27BrN4O3S. The Morgan fingerprint density at radius 3 is 2.52 bits per heavy atom. The quantitative estimate of drug-likeness (QED) is 0.669. The summed E-state index contributed by atoms with van der Waals surface area (Å²) in [5.41, 5.74) is -0.780. The molecule has 1 aromatic heterocycles. The van der Waals surface area contributed by atoms with Crippen LogP contribution in [0.4, 0.5) is 4.79 Å². The molecule has 1 aliphatic carbocycles. The maximum atomic E-state index is 12.9. The maximum Gasteiger partial charge on any atom is 0.325 e. The van der Waals surface area contributed by atoms with Gasteiger partial charge in [0.05, 0.1) is 3.79 Å². The fourth-order valence-corrected chi connectivity index (χ4v) is 5.99. The number of halogens is 1. The molecule has 0 unspecified atom stereocenters. The molecule has 7 nitrogen and oxygen atoms in total. The van der Waals surface area contributed by atoms with E-state index in [4.69, 9.17) is 0 Å². The van der Waals surface area contributed by atoms with Crippen molar-refractivity contribution in [2.24, 2.45) is 5.92 Å². The van der Waals surface area contributed by atoms with Gasteiger partial charge in [0.15, 0.2) is 0 Å². The highest BCUT2D eigenvalue weighted by molar-refractivity contribution is 9.11. The Kier molecular flexibility index (Phi) is 5.99. The molecule has 3 heterocycles. The predicted molar refractivity (Wildman–Crippen MR) is 114 cm³/mol. The van der Waals surface area contributed by atoms with Gasteiger partial charge in [-0.1, -0.05) is 6.92 Å². The van der Waals surface area contributed by atoms with Crippen molar-refractivity contribution in [3.05, 3.63) is 20.8 Å². The highest BCUT2D eigenvalue weighted by Crippen LogP contribution is 2.36. The molecule has 3 aliphatic rings. The molecule has 0 radical (unpaired) electrons. The normalized spacial score (nSPS) is 28.3. The Morgan fingerprint density at radius 1 is 1.21 bits per heavy atom. The van der Waals surface area contributed by atoms with E-state index >= 15 is 0 Å². The number of carbonyl (C=O) groups excluding carboxylic acids is 3. The summed E-state index contributed by atoms with van der Waals surface area (Å²) < 4.78 is 1.13. The molecule has 0 bridgehead atoms. The summed E-state index contributed by atoms with van der Waals surface area (Å²) in [5, 5.41) is 2.89. The van der Waals surface area contributed by atoms with Gasteiger partial charge in [-0.25, -0.2) is 4.79 Å². The average Bonchev–Trinajstić information content (AvgIpc) is 3.21. The molecule has 1 N–H and O–H groups in total. The molecule has 0 aromatic carbocycles. The molecule has 0 atom stereocenters. The zero-order valence-corrected chi connectivity index (χ0v) is 19.1. The van der Waals surface area contributed by atoms with Gasteiger partial charge in [0.2, 0.25) is 5.91 Å². The fourth-order valence-electron chi connectivity index (χ4n) is 4.46. The van der Waals surface area contributed by atoms with Gasteiger partial charge >= 0.3 is 6.03 Å². The number of carbonyl (C=O) groups is 3. The van der Waals surface area contributed by atoms with Crippen LogP contribution in [0.3, 0.4) is 0 Å². The topological polar surface area (TPSA) is 73.0 Å². The van der Waals surface area contributed by atoms with Crippen LogP contribution in [0.15, 0.2) is 15.9 Å². The lowest BCUT2D eigenvalue weighted by molar-refractivity contribution is -0.140. The maximum absolute atomic E-state index is 12.9. The lowest BCUT2D eigenvalue weighted by Crippen LogP contribution is -2.52. The Morgan fingerprint density at radius 2 is 1.90 bits per heavy atom. The van der Waals surface area contributed by atoms with Crippen molar-refractivity contribution in [3.63, 3.8) is 0 Å². The van der Waals surface area contributed by atoms with Crippen LogP contribution in [-0.2, 0) is 16.1 Å². The van der Waals surface area contributed by atoms with Crippen LogP contribution in [0, 0.1) is 5.92 Å². The number of nitrogens with zero attached hydrogens (tertiary/aromatic N) is 3. The number of hydrogen-bond acceptors (Lipinski definition) is 5. The molecule has 9 heteroatoms. The van der Waals surface area contributed by atoms with E-state index in [2.05, 4.69) is 45.2 Å². The van der Waals surface area contributed by atoms with Crippen molar-refractivity contribution >= 4 is 45.1 Å². The van der Waals surface area contributed by atoms with Gasteiger partial charge in [-0.15, -0.1) is 11.3 Å². The highest BCUT2D eigenvalue weighted by atomic mass is 79.9. The average molecular weight is 483 g/mol. The number of rotatable bonds is 4. The molecule has 4 rings (SSSR count). The predicted octanol–water partition coefficient (Wildman–Crippen LogP) is 2.66. The van der Waals surface area contributed by atoms with Gasteiger partial charge in [0, 0.05) is 37.6 Å². The zero-order chi connectivity index (χ0) is 20.6. The van der Waals surface area contributed by atoms with E-state index in [-0.39, 0.29) is 18.4 Å². The second-order valence-corrected chi connectivity index (χ2v) is 11.0. The first-order chi connectivity index (χ1) is 13.9. The van der Waals surface area contributed by atoms with Gasteiger partial charge in [0.25, 0.3) is 5.91 Å². The molecule has 1 saturated carbocycles. The fraction of sp³-hybridized carbons (Fsp3) is 0.650. The molecule has 2 aliphatic heterocycles. The van der Waals surface area contributed by atoms with Gasteiger partial charge in [0.1, 0.15) is 12.1 Å².